The fraction of sp³-hybridized carbons (Fsp3) is 0.160. The molecule has 2 atom stereocenters. The topological polar surface area (TPSA) is 46.0 Å². The van der Waals surface area contributed by atoms with Gasteiger partial charge in [0, 0.05) is 47.7 Å². The van der Waals surface area contributed by atoms with Crippen molar-refractivity contribution in [3.63, 3.8) is 0 Å². The third-order valence-electron chi connectivity index (χ3n) is 5.78. The molecule has 1 N–H and O–H groups in total. The van der Waals surface area contributed by atoms with E-state index in [1.165, 1.54) is 0 Å². The van der Waals surface area contributed by atoms with Crippen LogP contribution in [0.1, 0.15) is 34.6 Å². The average Bonchev–Trinajstić information content (AvgIpc) is 3.42. The van der Waals surface area contributed by atoms with E-state index in [0.717, 1.165) is 33.2 Å². The van der Waals surface area contributed by atoms with Gasteiger partial charge < -0.3 is 14.8 Å². The molecule has 0 bridgehead atoms. The summed E-state index contributed by atoms with van der Waals surface area (Å²) < 4.78 is 2.20. The first-order valence-electron chi connectivity index (χ1n) is 10.4. The third-order valence-corrected chi connectivity index (χ3v) is 6.55. The van der Waals surface area contributed by atoms with Gasteiger partial charge in [-0.1, -0.05) is 23.7 Å². The van der Waals surface area contributed by atoms with Gasteiger partial charge in [-0.25, -0.2) is 0 Å². The van der Waals surface area contributed by atoms with Crippen LogP contribution in [0.15, 0.2) is 85.5 Å². The molecule has 0 amide bonds. The molecule has 4 aromatic rings. The minimum atomic E-state index is -0.0811. The fourth-order valence-corrected chi connectivity index (χ4v) is 4.66. The molecule has 1 aliphatic rings. The number of nitrogens with zero attached hydrogens (tertiary/aromatic N) is 4. The first-order chi connectivity index (χ1) is 15.6. The van der Waals surface area contributed by atoms with E-state index in [9.17, 15) is 0 Å². The predicted molar refractivity (Wildman–Crippen MR) is 131 cm³/mol. The summed E-state index contributed by atoms with van der Waals surface area (Å²) in [6, 6.07) is 20.2. The highest BCUT2D eigenvalue weighted by Crippen LogP contribution is 2.40. The monoisotopic (exact) mass is 459 g/mol. The van der Waals surface area contributed by atoms with Crippen LogP contribution in [-0.4, -0.2) is 24.5 Å². The van der Waals surface area contributed by atoms with Gasteiger partial charge in [0.05, 0.1) is 17.8 Å². The van der Waals surface area contributed by atoms with Crippen molar-refractivity contribution in [2.45, 2.75) is 25.6 Å². The van der Waals surface area contributed by atoms with Gasteiger partial charge in [-0.2, -0.15) is 0 Å². The van der Waals surface area contributed by atoms with Crippen molar-refractivity contribution in [1.82, 2.24) is 24.8 Å². The second-order valence-corrected chi connectivity index (χ2v) is 8.65. The summed E-state index contributed by atoms with van der Waals surface area (Å²) in [5, 5.41) is 4.98. The van der Waals surface area contributed by atoms with Crippen molar-refractivity contribution in [2.24, 2.45) is 0 Å². The van der Waals surface area contributed by atoms with Crippen LogP contribution in [0.4, 0.5) is 0 Å². The van der Waals surface area contributed by atoms with E-state index in [0.29, 0.717) is 11.7 Å². The summed E-state index contributed by atoms with van der Waals surface area (Å²) in [6.07, 6.45) is 7.57. The second-order valence-electron chi connectivity index (χ2n) is 7.85. The van der Waals surface area contributed by atoms with E-state index in [1.807, 2.05) is 55.7 Å². The molecule has 5 nitrogen and oxygen atoms in total. The zero-order chi connectivity index (χ0) is 22.1. The Bertz CT molecular complexity index is 1240. The minimum Gasteiger partial charge on any atom is -0.352 e. The van der Waals surface area contributed by atoms with Crippen LogP contribution in [0.5, 0.6) is 0 Å². The number of thiocarbonyl (C=S) groups is 1. The van der Waals surface area contributed by atoms with Crippen LogP contribution in [0.3, 0.4) is 0 Å². The maximum absolute atomic E-state index is 6.29. The summed E-state index contributed by atoms with van der Waals surface area (Å²) in [6.45, 7) is 2.67. The smallest absolute Gasteiger partial charge is 0.170 e. The number of nitrogens with one attached hydrogen (secondary N) is 1. The number of hydrogen-bond donors (Lipinski definition) is 1. The molecule has 0 spiro atoms. The maximum atomic E-state index is 6.29. The molecule has 0 aliphatic carbocycles. The normalized spacial score (nSPS) is 18.1. The van der Waals surface area contributed by atoms with Gasteiger partial charge in [0.15, 0.2) is 5.11 Å². The van der Waals surface area contributed by atoms with Gasteiger partial charge in [-0.15, -0.1) is 0 Å². The van der Waals surface area contributed by atoms with Crippen molar-refractivity contribution < 1.29 is 0 Å². The van der Waals surface area contributed by atoms with E-state index in [2.05, 4.69) is 55.2 Å². The highest BCUT2D eigenvalue weighted by atomic mass is 35.5. The number of pyridine rings is 2. The fourth-order valence-electron chi connectivity index (χ4n) is 4.23. The first-order valence-corrected chi connectivity index (χ1v) is 11.2. The summed E-state index contributed by atoms with van der Waals surface area (Å²) in [5.74, 6) is 0. The Balaban J connectivity index is 1.61. The van der Waals surface area contributed by atoms with Crippen molar-refractivity contribution in [1.29, 1.82) is 0 Å². The standard InChI is InChI=1S/C25H22ClN5S/c1-17-14-19(9-10-20(17)26)30-13-5-8-22(30)24-23(21-7-2-3-12-28-21)29-25(32)31(24)16-18-6-4-11-27-15-18/h2-15,23-24H,16H2,1H3,(H,29,32)/t23-,24+/m0/s1. The largest absolute Gasteiger partial charge is 0.352 e. The molecule has 1 saturated heterocycles. The first kappa shape index (κ1) is 20.7. The highest BCUT2D eigenvalue weighted by Gasteiger charge is 2.41. The SMILES string of the molecule is Cc1cc(-n2cccc2[C@@H]2[C@H](c3ccccn3)NC(=S)N2Cc2cccnc2)ccc1Cl. The molecule has 0 saturated carbocycles. The molecular weight excluding hydrogens is 438 g/mol. The van der Waals surface area contributed by atoms with Crippen LogP contribution >= 0.6 is 23.8 Å². The molecule has 3 aromatic heterocycles. The lowest BCUT2D eigenvalue weighted by Gasteiger charge is -2.29. The summed E-state index contributed by atoms with van der Waals surface area (Å²) in [5.41, 5.74) is 5.28. The van der Waals surface area contributed by atoms with E-state index in [4.69, 9.17) is 23.8 Å². The van der Waals surface area contributed by atoms with Gasteiger partial charge in [-0.3, -0.25) is 9.97 Å². The molecule has 5 rings (SSSR count). The molecule has 1 fully saturated rings. The average molecular weight is 460 g/mol. The number of aromatic nitrogens is 3. The van der Waals surface area contributed by atoms with Gasteiger partial charge in [0.1, 0.15) is 0 Å². The van der Waals surface area contributed by atoms with Crippen molar-refractivity contribution in [3.05, 3.63) is 113 Å². The number of benzene rings is 1. The molecule has 7 heteroatoms. The Morgan fingerprint density at radius 2 is 1.97 bits per heavy atom. The van der Waals surface area contributed by atoms with Crippen molar-refractivity contribution in [3.8, 4) is 5.69 Å². The van der Waals surface area contributed by atoms with E-state index in [1.54, 1.807) is 6.20 Å². The number of rotatable bonds is 5. The molecule has 160 valence electrons. The Hall–Kier alpha value is -3.22. The van der Waals surface area contributed by atoms with Gasteiger partial charge in [0.2, 0.25) is 0 Å². The molecule has 0 radical (unpaired) electrons. The van der Waals surface area contributed by atoms with Crippen LogP contribution in [0, 0.1) is 6.92 Å². The molecule has 4 heterocycles. The molecule has 1 aliphatic heterocycles. The Kier molecular flexibility index (Phi) is 5.64. The van der Waals surface area contributed by atoms with Crippen molar-refractivity contribution in [2.75, 3.05) is 0 Å². The van der Waals surface area contributed by atoms with Crippen LogP contribution < -0.4 is 5.32 Å². The lowest BCUT2D eigenvalue weighted by atomic mass is 10.0. The van der Waals surface area contributed by atoms with E-state index in [-0.39, 0.29) is 12.1 Å². The Morgan fingerprint density at radius 3 is 2.72 bits per heavy atom. The van der Waals surface area contributed by atoms with Gasteiger partial charge in [-0.05, 0) is 78.8 Å². The van der Waals surface area contributed by atoms with E-state index < -0.39 is 0 Å². The second kappa shape index (κ2) is 8.73. The molecule has 32 heavy (non-hydrogen) atoms. The maximum Gasteiger partial charge on any atom is 0.170 e. The van der Waals surface area contributed by atoms with Crippen LogP contribution in [0.2, 0.25) is 5.02 Å². The van der Waals surface area contributed by atoms with E-state index >= 15 is 0 Å². The quantitative estimate of drug-likeness (QED) is 0.405. The summed E-state index contributed by atoms with van der Waals surface area (Å²) >= 11 is 12.1. The van der Waals surface area contributed by atoms with Crippen LogP contribution in [-0.2, 0) is 6.54 Å². The van der Waals surface area contributed by atoms with Gasteiger partial charge in [0.25, 0.3) is 0 Å². The number of hydrogen-bond acceptors (Lipinski definition) is 3. The summed E-state index contributed by atoms with van der Waals surface area (Å²) in [4.78, 5) is 11.1. The van der Waals surface area contributed by atoms with Gasteiger partial charge >= 0.3 is 0 Å². The predicted octanol–water partition coefficient (Wildman–Crippen LogP) is 5.40. The minimum absolute atomic E-state index is 0.0522. The lowest BCUT2D eigenvalue weighted by molar-refractivity contribution is 0.302. The zero-order valence-corrected chi connectivity index (χ0v) is 19.1. The van der Waals surface area contributed by atoms with Crippen LogP contribution in [0.25, 0.3) is 5.69 Å². The summed E-state index contributed by atoms with van der Waals surface area (Å²) in [7, 11) is 0. The zero-order valence-electron chi connectivity index (χ0n) is 17.5. The Morgan fingerprint density at radius 1 is 1.06 bits per heavy atom. The Labute approximate surface area is 197 Å². The third kappa shape index (κ3) is 3.87. The van der Waals surface area contributed by atoms with Crippen molar-refractivity contribution >= 4 is 28.9 Å². The number of halogens is 1. The highest BCUT2D eigenvalue weighted by molar-refractivity contribution is 7.80. The molecule has 0 unspecified atom stereocenters. The number of aryl methyl sites for hydroxylation is 1. The molecular formula is C25H22ClN5S. The lowest BCUT2D eigenvalue weighted by Crippen LogP contribution is -2.30. The molecule has 1 aromatic carbocycles.